The first-order valence-corrected chi connectivity index (χ1v) is 8.44. The normalized spacial score (nSPS) is 27.5. The highest BCUT2D eigenvalue weighted by Gasteiger charge is 2.56. The van der Waals surface area contributed by atoms with Gasteiger partial charge in [-0.25, -0.2) is 9.69 Å². The van der Waals surface area contributed by atoms with Crippen molar-refractivity contribution < 1.29 is 14.3 Å². The van der Waals surface area contributed by atoms with Crippen molar-refractivity contribution in [3.05, 3.63) is 28.2 Å². The van der Waals surface area contributed by atoms with Gasteiger partial charge < -0.3 is 9.47 Å². The highest BCUT2D eigenvalue weighted by atomic mass is 79.9. The van der Waals surface area contributed by atoms with Crippen LogP contribution < -0.4 is 4.90 Å². The van der Waals surface area contributed by atoms with Gasteiger partial charge in [-0.05, 0) is 51.0 Å². The quantitative estimate of drug-likeness (QED) is 0.580. The van der Waals surface area contributed by atoms with Crippen molar-refractivity contribution in [3.8, 4) is 0 Å². The summed E-state index contributed by atoms with van der Waals surface area (Å²) in [5.41, 5.74) is 1.36. The van der Waals surface area contributed by atoms with E-state index in [2.05, 4.69) is 31.9 Å². The number of alkyl halides is 1. The first-order chi connectivity index (χ1) is 9.72. The van der Waals surface area contributed by atoms with Gasteiger partial charge in [0.15, 0.2) is 6.23 Å². The Morgan fingerprint density at radius 2 is 2.19 bits per heavy atom. The smallest absolute Gasteiger partial charge is 0.417 e. The van der Waals surface area contributed by atoms with Crippen molar-refractivity contribution in [1.29, 1.82) is 0 Å². The first-order valence-electron chi connectivity index (χ1n) is 6.85. The van der Waals surface area contributed by atoms with E-state index in [1.807, 2.05) is 39.0 Å². The van der Waals surface area contributed by atoms with Crippen LogP contribution in [0, 0.1) is 0 Å². The number of nitrogens with zero attached hydrogens (tertiary/aromatic N) is 1. The van der Waals surface area contributed by atoms with Gasteiger partial charge in [-0.15, -0.1) is 0 Å². The van der Waals surface area contributed by atoms with E-state index in [0.717, 1.165) is 22.1 Å². The standard InChI is InChI=1S/C15H17Br2NO3/c1-14(2,3)21-13(19)18-11-5-4-9(16)8-10(11)15(17)6-7-20-12(15)18/h4-5,8,12H,6-7H2,1-3H3/t12-,15+/m0/s1. The molecule has 0 bridgehead atoms. The third-order valence-corrected chi connectivity index (χ3v) is 5.33. The van der Waals surface area contributed by atoms with Gasteiger partial charge in [0.05, 0.1) is 12.3 Å². The lowest BCUT2D eigenvalue weighted by molar-refractivity contribution is 0.0411. The minimum atomic E-state index is -0.539. The molecular formula is C15H17Br2NO3. The van der Waals surface area contributed by atoms with Crippen molar-refractivity contribution >= 4 is 43.6 Å². The minimum absolute atomic E-state index is 0.358. The molecule has 1 aromatic carbocycles. The van der Waals surface area contributed by atoms with Crippen LogP contribution in [0.15, 0.2) is 22.7 Å². The minimum Gasteiger partial charge on any atom is -0.443 e. The molecule has 3 rings (SSSR count). The summed E-state index contributed by atoms with van der Waals surface area (Å²) in [4.78, 5) is 14.2. The molecule has 2 atom stereocenters. The molecule has 0 aromatic heterocycles. The number of carbonyl (C=O) groups excluding carboxylic acids is 1. The number of rotatable bonds is 0. The van der Waals surface area contributed by atoms with Gasteiger partial charge >= 0.3 is 6.09 Å². The first kappa shape index (κ1) is 15.3. The number of fused-ring (bicyclic) bond motifs is 3. The van der Waals surface area contributed by atoms with Crippen LogP contribution in [0.3, 0.4) is 0 Å². The average Bonchev–Trinajstić information content (AvgIpc) is 2.81. The van der Waals surface area contributed by atoms with Crippen LogP contribution >= 0.6 is 31.9 Å². The van der Waals surface area contributed by atoms with E-state index in [0.29, 0.717) is 6.61 Å². The monoisotopic (exact) mass is 417 g/mol. The molecule has 4 nitrogen and oxygen atoms in total. The maximum atomic E-state index is 12.6. The molecule has 0 spiro atoms. The zero-order chi connectivity index (χ0) is 15.4. The van der Waals surface area contributed by atoms with Gasteiger partial charge in [0.25, 0.3) is 0 Å². The molecule has 2 aliphatic heterocycles. The number of anilines is 1. The lowest BCUT2D eigenvalue weighted by atomic mass is 9.98. The second kappa shape index (κ2) is 4.96. The van der Waals surface area contributed by atoms with E-state index in [1.165, 1.54) is 0 Å². The predicted octanol–water partition coefficient (Wildman–Crippen LogP) is 4.54. The van der Waals surface area contributed by atoms with Crippen molar-refractivity contribution in [3.63, 3.8) is 0 Å². The van der Waals surface area contributed by atoms with Crippen LogP contribution in [0.5, 0.6) is 0 Å². The Bertz CT molecular complexity index is 599. The predicted molar refractivity (Wildman–Crippen MR) is 87.8 cm³/mol. The van der Waals surface area contributed by atoms with E-state index in [1.54, 1.807) is 4.90 Å². The molecule has 21 heavy (non-hydrogen) atoms. The van der Waals surface area contributed by atoms with Crippen molar-refractivity contribution in [2.24, 2.45) is 0 Å². The van der Waals surface area contributed by atoms with Crippen molar-refractivity contribution in [2.45, 2.75) is 43.3 Å². The fourth-order valence-electron chi connectivity index (χ4n) is 2.80. The Morgan fingerprint density at radius 1 is 1.48 bits per heavy atom. The molecular weight excluding hydrogens is 402 g/mol. The molecule has 114 valence electrons. The Labute approximate surface area is 141 Å². The largest absolute Gasteiger partial charge is 0.443 e. The van der Waals surface area contributed by atoms with Crippen LogP contribution in [0.2, 0.25) is 0 Å². The molecule has 1 saturated heterocycles. The molecule has 0 unspecified atom stereocenters. The van der Waals surface area contributed by atoms with Crippen LogP contribution in [0.25, 0.3) is 0 Å². The van der Waals surface area contributed by atoms with E-state index in [4.69, 9.17) is 9.47 Å². The highest BCUT2D eigenvalue weighted by molar-refractivity contribution is 9.10. The van der Waals surface area contributed by atoms with Gasteiger partial charge in [0, 0.05) is 4.47 Å². The maximum Gasteiger partial charge on any atom is 0.417 e. The molecule has 6 heteroatoms. The maximum absolute atomic E-state index is 12.6. The molecule has 0 N–H and O–H groups in total. The molecule has 2 heterocycles. The Morgan fingerprint density at radius 3 is 2.86 bits per heavy atom. The molecule has 1 fully saturated rings. The van der Waals surface area contributed by atoms with E-state index < -0.39 is 5.60 Å². The Hall–Kier alpha value is -0.590. The topological polar surface area (TPSA) is 38.8 Å². The fourth-order valence-corrected chi connectivity index (χ4v) is 3.98. The number of hydrogen-bond donors (Lipinski definition) is 0. The Balaban J connectivity index is 2.04. The van der Waals surface area contributed by atoms with Crippen LogP contribution in [0.4, 0.5) is 10.5 Å². The lowest BCUT2D eigenvalue weighted by Crippen LogP contribution is -2.45. The zero-order valence-electron chi connectivity index (χ0n) is 12.2. The van der Waals surface area contributed by atoms with Crippen molar-refractivity contribution in [2.75, 3.05) is 11.5 Å². The summed E-state index contributed by atoms with van der Waals surface area (Å²) >= 11 is 7.29. The lowest BCUT2D eigenvalue weighted by Gasteiger charge is -2.29. The molecule has 0 saturated carbocycles. The van der Waals surface area contributed by atoms with Gasteiger partial charge in [0.2, 0.25) is 0 Å². The van der Waals surface area contributed by atoms with Gasteiger partial charge in [-0.3, -0.25) is 0 Å². The molecule has 0 aliphatic carbocycles. The van der Waals surface area contributed by atoms with Crippen LogP contribution in [-0.2, 0) is 13.8 Å². The summed E-state index contributed by atoms with van der Waals surface area (Å²) in [6.07, 6.45) is 0.0800. The molecule has 1 amide bonds. The van der Waals surface area contributed by atoms with Crippen molar-refractivity contribution in [1.82, 2.24) is 0 Å². The number of benzene rings is 1. The number of halogens is 2. The summed E-state index contributed by atoms with van der Waals surface area (Å²) < 4.78 is 12.0. The second-order valence-corrected chi connectivity index (χ2v) is 8.68. The van der Waals surface area contributed by atoms with Crippen LogP contribution in [-0.4, -0.2) is 24.5 Å². The summed E-state index contributed by atoms with van der Waals surface area (Å²) in [5, 5.41) is 0. The zero-order valence-corrected chi connectivity index (χ0v) is 15.3. The van der Waals surface area contributed by atoms with E-state index in [-0.39, 0.29) is 16.6 Å². The summed E-state index contributed by atoms with van der Waals surface area (Å²) in [6, 6.07) is 5.89. The fraction of sp³-hybridized carbons (Fsp3) is 0.533. The highest BCUT2D eigenvalue weighted by Crippen LogP contribution is 2.55. The van der Waals surface area contributed by atoms with Gasteiger partial charge in [-0.2, -0.15) is 0 Å². The summed E-state index contributed by atoms with van der Waals surface area (Å²) in [5.74, 6) is 0. The third kappa shape index (κ3) is 2.51. The second-order valence-electron chi connectivity index (χ2n) is 6.35. The molecule has 0 radical (unpaired) electrons. The molecule has 2 aliphatic rings. The Kier molecular flexibility index (Phi) is 3.62. The number of hydrogen-bond acceptors (Lipinski definition) is 3. The van der Waals surface area contributed by atoms with E-state index >= 15 is 0 Å². The number of carbonyl (C=O) groups is 1. The average molecular weight is 419 g/mol. The van der Waals surface area contributed by atoms with E-state index in [9.17, 15) is 4.79 Å². The summed E-state index contributed by atoms with van der Waals surface area (Å²) in [6.45, 7) is 6.20. The third-order valence-electron chi connectivity index (χ3n) is 3.62. The van der Waals surface area contributed by atoms with Crippen LogP contribution in [0.1, 0.15) is 32.8 Å². The number of ether oxygens (including phenoxy) is 2. The van der Waals surface area contributed by atoms with Gasteiger partial charge in [-0.1, -0.05) is 31.9 Å². The van der Waals surface area contributed by atoms with Gasteiger partial charge in [0.1, 0.15) is 9.93 Å². The SMILES string of the molecule is CC(C)(C)OC(=O)N1c2ccc(Br)cc2[C@]2(Br)CCO[C@H]12. The number of amides is 1. The molecule has 1 aromatic rings. The summed E-state index contributed by atoms with van der Waals surface area (Å²) in [7, 11) is 0.